The lowest BCUT2D eigenvalue weighted by Gasteiger charge is -2.16. The number of aromatic nitrogens is 3. The molecule has 2 aromatic heterocycles. The molecule has 2 aromatic carbocycles. The summed E-state index contributed by atoms with van der Waals surface area (Å²) >= 11 is 0. The molecule has 5 heteroatoms. The monoisotopic (exact) mass is 410 g/mol. The van der Waals surface area contributed by atoms with Gasteiger partial charge >= 0.3 is 0 Å². The quantitative estimate of drug-likeness (QED) is 0.526. The zero-order chi connectivity index (χ0) is 21.4. The zero-order valence-corrected chi connectivity index (χ0v) is 17.9. The second-order valence-corrected chi connectivity index (χ2v) is 8.56. The minimum Gasteiger partial charge on any atom is -0.337 e. The van der Waals surface area contributed by atoms with Crippen LogP contribution in [0.1, 0.15) is 50.9 Å². The number of aryl methyl sites for hydroxylation is 2. The van der Waals surface area contributed by atoms with Crippen LogP contribution in [0.3, 0.4) is 0 Å². The van der Waals surface area contributed by atoms with Gasteiger partial charge in [-0.2, -0.15) is 5.10 Å². The van der Waals surface area contributed by atoms with Gasteiger partial charge in [-0.15, -0.1) is 0 Å². The van der Waals surface area contributed by atoms with Gasteiger partial charge in [0.25, 0.3) is 5.91 Å². The first-order valence-electron chi connectivity index (χ1n) is 10.8. The highest BCUT2D eigenvalue weighted by Crippen LogP contribution is 2.29. The Balaban J connectivity index is 1.35. The topological polar surface area (TPSA) is 61.9 Å². The number of benzene rings is 2. The summed E-state index contributed by atoms with van der Waals surface area (Å²) in [6.07, 6.45) is 1.82. The molecule has 5 rings (SSSR count). The maximum absolute atomic E-state index is 13.2. The van der Waals surface area contributed by atoms with E-state index in [0.29, 0.717) is 12.2 Å². The molecule has 0 radical (unpaired) electrons. The number of likely N-dealkylation sites (tertiary alicyclic amines) is 1. The van der Waals surface area contributed by atoms with E-state index in [1.165, 1.54) is 11.1 Å². The third-order valence-corrected chi connectivity index (χ3v) is 6.10. The van der Waals surface area contributed by atoms with Crippen LogP contribution < -0.4 is 0 Å². The molecule has 0 bridgehead atoms. The Labute approximate surface area is 182 Å². The first-order valence-corrected chi connectivity index (χ1v) is 10.8. The SMILES string of the molecule is Cc1ccc2[nH]nc(C(=O)N3CC[C@H](c4cc(Cc5ccccc5)cc(C)n4)C3)c2c1. The average Bonchev–Trinajstić information content (AvgIpc) is 3.41. The van der Waals surface area contributed by atoms with E-state index < -0.39 is 0 Å². The van der Waals surface area contributed by atoms with Crippen molar-refractivity contribution >= 4 is 16.8 Å². The summed E-state index contributed by atoms with van der Waals surface area (Å²) in [6.45, 7) is 5.49. The summed E-state index contributed by atoms with van der Waals surface area (Å²) in [4.78, 5) is 19.9. The minimum absolute atomic E-state index is 0.00323. The number of H-pyrrole nitrogens is 1. The average molecular weight is 411 g/mol. The molecule has 156 valence electrons. The Morgan fingerprint density at radius 1 is 1.06 bits per heavy atom. The molecule has 0 aliphatic carbocycles. The number of hydrogen-bond acceptors (Lipinski definition) is 3. The highest BCUT2D eigenvalue weighted by Gasteiger charge is 2.31. The number of nitrogens with one attached hydrogen (secondary N) is 1. The van der Waals surface area contributed by atoms with Crippen molar-refractivity contribution in [2.45, 2.75) is 32.6 Å². The van der Waals surface area contributed by atoms with Crippen LogP contribution in [0.2, 0.25) is 0 Å². The fourth-order valence-electron chi connectivity index (χ4n) is 4.54. The number of rotatable bonds is 4. The van der Waals surface area contributed by atoms with E-state index in [4.69, 9.17) is 4.98 Å². The van der Waals surface area contributed by atoms with E-state index in [2.05, 4.69) is 46.6 Å². The Hall–Kier alpha value is -3.47. The maximum atomic E-state index is 13.2. The Morgan fingerprint density at radius 3 is 2.74 bits per heavy atom. The number of nitrogens with zero attached hydrogens (tertiary/aromatic N) is 3. The van der Waals surface area contributed by atoms with Crippen molar-refractivity contribution < 1.29 is 4.79 Å². The van der Waals surface area contributed by atoms with Crippen molar-refractivity contribution in [1.29, 1.82) is 0 Å². The van der Waals surface area contributed by atoms with Crippen LogP contribution in [0.25, 0.3) is 10.9 Å². The van der Waals surface area contributed by atoms with Crippen LogP contribution in [0.5, 0.6) is 0 Å². The van der Waals surface area contributed by atoms with Crippen molar-refractivity contribution in [3.05, 3.63) is 94.4 Å². The molecule has 1 fully saturated rings. The number of amides is 1. The van der Waals surface area contributed by atoms with Gasteiger partial charge in [0.1, 0.15) is 0 Å². The smallest absolute Gasteiger partial charge is 0.275 e. The number of carbonyl (C=O) groups is 1. The van der Waals surface area contributed by atoms with Crippen LogP contribution in [-0.2, 0) is 6.42 Å². The molecule has 4 aromatic rings. The Morgan fingerprint density at radius 2 is 1.90 bits per heavy atom. The predicted octanol–water partition coefficient (Wildman–Crippen LogP) is 4.80. The fraction of sp³-hybridized carbons (Fsp3) is 0.269. The van der Waals surface area contributed by atoms with E-state index in [1.54, 1.807) is 0 Å². The minimum atomic E-state index is -0.00323. The summed E-state index contributed by atoms with van der Waals surface area (Å²) in [5.74, 6) is 0.252. The lowest BCUT2D eigenvalue weighted by molar-refractivity contribution is 0.0786. The first-order chi connectivity index (χ1) is 15.1. The summed E-state index contributed by atoms with van der Waals surface area (Å²) in [7, 11) is 0. The number of hydrogen-bond donors (Lipinski definition) is 1. The standard InChI is InChI=1S/C26H26N4O/c1-17-8-9-23-22(12-17)25(29-28-23)26(31)30-11-10-21(16-30)24-15-20(13-18(2)27-24)14-19-6-4-3-5-7-19/h3-9,12-13,15,21H,10-11,14,16H2,1-2H3,(H,28,29)/t21-/m0/s1. The third kappa shape index (κ3) is 3.96. The van der Waals surface area contributed by atoms with Gasteiger partial charge in [-0.3, -0.25) is 14.9 Å². The molecule has 3 heterocycles. The van der Waals surface area contributed by atoms with Gasteiger partial charge < -0.3 is 4.90 Å². The molecule has 1 atom stereocenters. The Kier molecular flexibility index (Phi) is 5.02. The van der Waals surface area contributed by atoms with E-state index in [1.807, 2.05) is 43.0 Å². The number of pyridine rings is 1. The largest absolute Gasteiger partial charge is 0.337 e. The number of aromatic amines is 1. The van der Waals surface area contributed by atoms with Gasteiger partial charge in [0.05, 0.1) is 5.52 Å². The summed E-state index contributed by atoms with van der Waals surface area (Å²) in [5, 5.41) is 8.21. The van der Waals surface area contributed by atoms with E-state index in [-0.39, 0.29) is 11.8 Å². The van der Waals surface area contributed by atoms with E-state index in [9.17, 15) is 4.79 Å². The fourth-order valence-corrected chi connectivity index (χ4v) is 4.54. The van der Waals surface area contributed by atoms with Gasteiger partial charge in [0, 0.05) is 35.8 Å². The van der Waals surface area contributed by atoms with Crippen LogP contribution in [0.4, 0.5) is 0 Å². The molecule has 1 N–H and O–H groups in total. The van der Waals surface area contributed by atoms with Gasteiger partial charge in [-0.05, 0) is 62.1 Å². The van der Waals surface area contributed by atoms with Gasteiger partial charge in [-0.1, -0.05) is 42.0 Å². The first kappa shape index (κ1) is 19.5. The lowest BCUT2D eigenvalue weighted by atomic mass is 9.98. The van der Waals surface area contributed by atoms with Crippen molar-refractivity contribution in [1.82, 2.24) is 20.1 Å². The third-order valence-electron chi connectivity index (χ3n) is 6.10. The molecule has 1 aliphatic heterocycles. The zero-order valence-electron chi connectivity index (χ0n) is 17.9. The highest BCUT2D eigenvalue weighted by molar-refractivity contribution is 6.04. The Bertz CT molecular complexity index is 1240. The van der Waals surface area contributed by atoms with Crippen molar-refractivity contribution in [2.75, 3.05) is 13.1 Å². The summed E-state index contributed by atoms with van der Waals surface area (Å²) < 4.78 is 0. The molecule has 31 heavy (non-hydrogen) atoms. The molecule has 1 amide bonds. The van der Waals surface area contributed by atoms with Crippen LogP contribution in [0.15, 0.2) is 60.7 Å². The lowest BCUT2D eigenvalue weighted by Crippen LogP contribution is -2.29. The number of carbonyl (C=O) groups excluding carboxylic acids is 1. The molecular formula is C26H26N4O. The van der Waals surface area contributed by atoms with Crippen LogP contribution >= 0.6 is 0 Å². The molecule has 0 spiro atoms. The van der Waals surface area contributed by atoms with E-state index in [0.717, 1.165) is 47.2 Å². The normalized spacial score (nSPS) is 16.2. The molecule has 0 unspecified atom stereocenters. The van der Waals surface area contributed by atoms with Gasteiger partial charge in [-0.25, -0.2) is 0 Å². The summed E-state index contributed by atoms with van der Waals surface area (Å²) in [5.41, 5.74) is 7.22. The maximum Gasteiger partial charge on any atom is 0.275 e. The van der Waals surface area contributed by atoms with Gasteiger partial charge in [0.15, 0.2) is 5.69 Å². The molecule has 5 nitrogen and oxygen atoms in total. The second kappa shape index (κ2) is 7.99. The molecule has 1 saturated heterocycles. The second-order valence-electron chi connectivity index (χ2n) is 8.56. The molecule has 1 aliphatic rings. The molecular weight excluding hydrogens is 384 g/mol. The predicted molar refractivity (Wildman–Crippen MR) is 122 cm³/mol. The van der Waals surface area contributed by atoms with Crippen LogP contribution in [0, 0.1) is 13.8 Å². The number of fused-ring (bicyclic) bond motifs is 1. The summed E-state index contributed by atoms with van der Waals surface area (Å²) in [6, 6.07) is 20.9. The molecule has 0 saturated carbocycles. The van der Waals surface area contributed by atoms with Crippen molar-refractivity contribution in [3.8, 4) is 0 Å². The van der Waals surface area contributed by atoms with Crippen LogP contribution in [-0.4, -0.2) is 39.1 Å². The van der Waals surface area contributed by atoms with Crippen molar-refractivity contribution in [2.24, 2.45) is 0 Å². The van der Waals surface area contributed by atoms with Crippen molar-refractivity contribution in [3.63, 3.8) is 0 Å². The highest BCUT2D eigenvalue weighted by atomic mass is 16.2. The van der Waals surface area contributed by atoms with E-state index >= 15 is 0 Å². The van der Waals surface area contributed by atoms with Gasteiger partial charge in [0.2, 0.25) is 0 Å².